The third kappa shape index (κ3) is 3.79. The summed E-state index contributed by atoms with van der Waals surface area (Å²) in [5.74, 6) is 0.0755. The molecule has 1 atom stereocenters. The van der Waals surface area contributed by atoms with Crippen LogP contribution in [0.5, 0.6) is 0 Å². The highest BCUT2D eigenvalue weighted by Gasteiger charge is 2.32. The summed E-state index contributed by atoms with van der Waals surface area (Å²) in [5, 5.41) is 0. The van der Waals surface area contributed by atoms with Gasteiger partial charge in [0.2, 0.25) is 0 Å². The Morgan fingerprint density at radius 1 is 0.903 bits per heavy atom. The maximum atomic E-state index is 14.0. The number of carbonyl (C=O) groups excluding carboxylic acids is 1. The molecule has 1 aliphatic rings. The van der Waals surface area contributed by atoms with Crippen molar-refractivity contribution in [3.8, 4) is 5.69 Å². The average Bonchev–Trinajstić information content (AvgIpc) is 3.49. The van der Waals surface area contributed by atoms with Gasteiger partial charge in [0, 0.05) is 18.9 Å². The van der Waals surface area contributed by atoms with Crippen LogP contribution >= 0.6 is 0 Å². The number of hydrogen-bond donors (Lipinski definition) is 0. The number of hydrogen-bond acceptors (Lipinski definition) is 1. The van der Waals surface area contributed by atoms with Gasteiger partial charge in [-0.3, -0.25) is 4.79 Å². The molecule has 3 nitrogen and oxygen atoms in total. The van der Waals surface area contributed by atoms with Crippen LogP contribution < -0.4 is 0 Å². The fraction of sp³-hybridized carbons (Fsp3) is 0.179. The Kier molecular flexibility index (Phi) is 5.17. The first-order valence-corrected chi connectivity index (χ1v) is 10.9. The van der Waals surface area contributed by atoms with Gasteiger partial charge in [0.05, 0.1) is 17.3 Å². The van der Waals surface area contributed by atoms with E-state index in [0.717, 1.165) is 29.7 Å². The summed E-state index contributed by atoms with van der Waals surface area (Å²) in [6.07, 6.45) is 5.95. The van der Waals surface area contributed by atoms with Gasteiger partial charge in [0.25, 0.3) is 5.91 Å². The van der Waals surface area contributed by atoms with E-state index in [1.165, 1.54) is 16.7 Å². The van der Waals surface area contributed by atoms with Gasteiger partial charge in [-0.2, -0.15) is 0 Å². The van der Waals surface area contributed by atoms with Crippen molar-refractivity contribution < 1.29 is 4.79 Å². The molecule has 154 valence electrons. The lowest BCUT2D eigenvalue weighted by atomic mass is 10.0. The summed E-state index contributed by atoms with van der Waals surface area (Å²) in [6.45, 7) is 2.69. The molecule has 3 aromatic carbocycles. The number of aryl methyl sites for hydroxylation is 2. The summed E-state index contributed by atoms with van der Waals surface area (Å²) < 4.78 is 2.01. The molecule has 0 fully saturated rings. The largest absolute Gasteiger partial charge is 0.327 e. The second kappa shape index (κ2) is 8.27. The molecule has 0 bridgehead atoms. The molecule has 0 saturated carbocycles. The van der Waals surface area contributed by atoms with E-state index in [-0.39, 0.29) is 11.9 Å². The van der Waals surface area contributed by atoms with Crippen LogP contribution in [0.2, 0.25) is 0 Å². The maximum absolute atomic E-state index is 14.0. The molecule has 0 aliphatic heterocycles. The molecular formula is C28H26N2O. The first-order chi connectivity index (χ1) is 15.2. The van der Waals surface area contributed by atoms with Crippen molar-refractivity contribution in [2.45, 2.75) is 32.4 Å². The zero-order valence-electron chi connectivity index (χ0n) is 17.7. The van der Waals surface area contributed by atoms with Gasteiger partial charge in [-0.15, -0.1) is 0 Å². The lowest BCUT2D eigenvalue weighted by molar-refractivity contribution is 0.0658. The molecule has 0 saturated heterocycles. The minimum absolute atomic E-state index is 0.0755. The number of aromatic nitrogens is 1. The first kappa shape index (κ1) is 19.4. The quantitative estimate of drug-likeness (QED) is 0.392. The smallest absolute Gasteiger partial charge is 0.256 e. The SMILES string of the molecule is Cc1ccc(CN(C(=O)c2ccccc2-n2cccc2)C2CCc3ccccc32)cc1. The molecule has 5 rings (SSSR count). The third-order valence-electron chi connectivity index (χ3n) is 6.23. The van der Waals surface area contributed by atoms with E-state index in [4.69, 9.17) is 0 Å². The summed E-state index contributed by atoms with van der Waals surface area (Å²) in [5.41, 5.74) is 6.66. The predicted molar refractivity (Wildman–Crippen MR) is 124 cm³/mol. The molecule has 31 heavy (non-hydrogen) atoms. The number of rotatable bonds is 5. The van der Waals surface area contributed by atoms with Crippen molar-refractivity contribution in [1.82, 2.24) is 9.47 Å². The Morgan fingerprint density at radius 2 is 1.61 bits per heavy atom. The molecule has 1 aliphatic carbocycles. The summed E-state index contributed by atoms with van der Waals surface area (Å²) in [7, 11) is 0. The Bertz CT molecular complexity index is 1190. The molecule has 1 unspecified atom stereocenters. The normalized spacial score (nSPS) is 14.9. The lowest BCUT2D eigenvalue weighted by Crippen LogP contribution is -2.34. The Balaban J connectivity index is 1.56. The van der Waals surface area contributed by atoms with Crippen molar-refractivity contribution >= 4 is 5.91 Å². The lowest BCUT2D eigenvalue weighted by Gasteiger charge is -2.31. The van der Waals surface area contributed by atoms with Crippen molar-refractivity contribution in [2.24, 2.45) is 0 Å². The van der Waals surface area contributed by atoms with E-state index < -0.39 is 0 Å². The van der Waals surface area contributed by atoms with E-state index in [9.17, 15) is 4.79 Å². The fourth-order valence-corrected chi connectivity index (χ4v) is 4.60. The molecule has 4 aromatic rings. The number of nitrogens with zero attached hydrogens (tertiary/aromatic N) is 2. The Morgan fingerprint density at radius 3 is 2.42 bits per heavy atom. The molecular weight excluding hydrogens is 380 g/mol. The van der Waals surface area contributed by atoms with Crippen LogP contribution in [-0.4, -0.2) is 15.4 Å². The second-order valence-corrected chi connectivity index (χ2v) is 8.28. The van der Waals surface area contributed by atoms with Crippen molar-refractivity contribution in [3.05, 3.63) is 125 Å². The molecule has 1 heterocycles. The maximum Gasteiger partial charge on any atom is 0.256 e. The number of benzene rings is 3. The van der Waals surface area contributed by atoms with Gasteiger partial charge in [-0.1, -0.05) is 66.2 Å². The van der Waals surface area contributed by atoms with Gasteiger partial charge in [0.15, 0.2) is 0 Å². The highest BCUT2D eigenvalue weighted by molar-refractivity contribution is 5.98. The number of fused-ring (bicyclic) bond motifs is 1. The molecule has 1 aromatic heterocycles. The minimum Gasteiger partial charge on any atom is -0.327 e. The number of amides is 1. The summed E-state index contributed by atoms with van der Waals surface area (Å²) in [4.78, 5) is 16.1. The Hall–Kier alpha value is -3.59. The molecule has 0 N–H and O–H groups in total. The van der Waals surface area contributed by atoms with E-state index in [1.54, 1.807) is 0 Å². The zero-order chi connectivity index (χ0) is 21.2. The third-order valence-corrected chi connectivity index (χ3v) is 6.23. The number of para-hydroxylation sites is 1. The molecule has 1 amide bonds. The van der Waals surface area contributed by atoms with E-state index in [2.05, 4.69) is 60.4 Å². The van der Waals surface area contributed by atoms with Crippen molar-refractivity contribution in [1.29, 1.82) is 0 Å². The van der Waals surface area contributed by atoms with Gasteiger partial charge >= 0.3 is 0 Å². The van der Waals surface area contributed by atoms with Gasteiger partial charge < -0.3 is 9.47 Å². The monoisotopic (exact) mass is 406 g/mol. The van der Waals surface area contributed by atoms with Crippen LogP contribution in [0.15, 0.2) is 97.3 Å². The van der Waals surface area contributed by atoms with Gasteiger partial charge in [0.1, 0.15) is 0 Å². The van der Waals surface area contributed by atoms with Crippen LogP contribution in [-0.2, 0) is 13.0 Å². The van der Waals surface area contributed by atoms with Crippen LogP contribution in [0.25, 0.3) is 5.69 Å². The highest BCUT2D eigenvalue weighted by atomic mass is 16.2. The van der Waals surface area contributed by atoms with E-state index in [1.807, 2.05) is 53.4 Å². The Labute approximate surface area is 183 Å². The molecule has 0 spiro atoms. The average molecular weight is 407 g/mol. The predicted octanol–water partition coefficient (Wildman–Crippen LogP) is 6.12. The summed E-state index contributed by atoms with van der Waals surface area (Å²) in [6, 6.07) is 29.0. The highest BCUT2D eigenvalue weighted by Crippen LogP contribution is 2.37. The molecule has 0 radical (unpaired) electrons. The van der Waals surface area contributed by atoms with E-state index in [0.29, 0.717) is 6.54 Å². The minimum atomic E-state index is 0.0755. The van der Waals surface area contributed by atoms with Gasteiger partial charge in [-0.25, -0.2) is 0 Å². The standard InChI is InChI=1S/C28H26N2O/c1-21-12-14-22(15-13-21)20-30(27-17-16-23-8-2-3-9-24(23)27)28(31)25-10-4-5-11-26(25)29-18-6-7-19-29/h2-15,18-19,27H,16-17,20H2,1H3. The van der Waals surface area contributed by atoms with Crippen molar-refractivity contribution in [3.63, 3.8) is 0 Å². The zero-order valence-corrected chi connectivity index (χ0v) is 17.7. The van der Waals surface area contributed by atoms with Crippen LogP contribution in [0.1, 0.15) is 45.1 Å². The second-order valence-electron chi connectivity index (χ2n) is 8.28. The molecule has 3 heteroatoms. The van der Waals surface area contributed by atoms with Crippen molar-refractivity contribution in [2.75, 3.05) is 0 Å². The number of carbonyl (C=O) groups is 1. The van der Waals surface area contributed by atoms with Gasteiger partial charge in [-0.05, 0) is 60.7 Å². The van der Waals surface area contributed by atoms with E-state index >= 15 is 0 Å². The first-order valence-electron chi connectivity index (χ1n) is 10.9. The fourth-order valence-electron chi connectivity index (χ4n) is 4.60. The van der Waals surface area contributed by atoms with Crippen LogP contribution in [0, 0.1) is 6.92 Å². The topological polar surface area (TPSA) is 25.2 Å². The van der Waals surface area contributed by atoms with Crippen LogP contribution in [0.4, 0.5) is 0 Å². The summed E-state index contributed by atoms with van der Waals surface area (Å²) >= 11 is 0. The van der Waals surface area contributed by atoms with Crippen LogP contribution in [0.3, 0.4) is 0 Å².